The van der Waals surface area contributed by atoms with Gasteiger partial charge in [-0.15, -0.1) is 11.3 Å². The van der Waals surface area contributed by atoms with E-state index in [2.05, 4.69) is 0 Å². The lowest BCUT2D eigenvalue weighted by Gasteiger charge is -2.26. The molecule has 6 nitrogen and oxygen atoms in total. The fraction of sp³-hybridized carbons (Fsp3) is 0.412. The van der Waals surface area contributed by atoms with Crippen molar-refractivity contribution >= 4 is 43.1 Å². The number of hydrogen-bond acceptors (Lipinski definition) is 6. The number of esters is 1. The van der Waals surface area contributed by atoms with E-state index < -0.39 is 39.7 Å². The zero-order valence-electron chi connectivity index (χ0n) is 14.3. The molecule has 2 heterocycles. The van der Waals surface area contributed by atoms with E-state index in [1.54, 1.807) is 12.1 Å². The number of sulfone groups is 1. The van der Waals surface area contributed by atoms with E-state index in [0.717, 1.165) is 11.3 Å². The van der Waals surface area contributed by atoms with Gasteiger partial charge in [-0.3, -0.25) is 4.79 Å². The Labute approximate surface area is 154 Å². The van der Waals surface area contributed by atoms with E-state index in [1.807, 2.05) is 0 Å². The highest BCUT2D eigenvalue weighted by molar-refractivity contribution is 7.91. The van der Waals surface area contributed by atoms with Crippen LogP contribution in [-0.2, 0) is 19.4 Å². The van der Waals surface area contributed by atoms with Gasteiger partial charge in [-0.05, 0) is 31.5 Å². The average molecular weight is 399 g/mol. The van der Waals surface area contributed by atoms with Crippen LogP contribution in [0.2, 0.25) is 0 Å². The molecule has 1 saturated heterocycles. The van der Waals surface area contributed by atoms with Crippen molar-refractivity contribution in [2.45, 2.75) is 25.5 Å². The summed E-state index contributed by atoms with van der Waals surface area (Å²) in [5.41, 5.74) is 0. The van der Waals surface area contributed by atoms with Crippen molar-refractivity contribution in [3.63, 3.8) is 0 Å². The third-order valence-corrected chi connectivity index (χ3v) is 7.28. The summed E-state index contributed by atoms with van der Waals surface area (Å²) in [6.07, 6.45) is -0.688. The SMILES string of the molecule is C[C@@H](OC(=O)c1cc2c(F)cccc2s1)C(=O)N(C)[C@@H]1CCS(=O)(=O)C1. The van der Waals surface area contributed by atoms with E-state index in [4.69, 9.17) is 4.74 Å². The first-order chi connectivity index (χ1) is 12.2. The number of benzene rings is 1. The zero-order valence-corrected chi connectivity index (χ0v) is 15.9. The number of hydrogen-bond donors (Lipinski definition) is 0. The normalized spacial score (nSPS) is 20.0. The first kappa shape index (κ1) is 18.8. The largest absolute Gasteiger partial charge is 0.448 e. The fourth-order valence-corrected chi connectivity index (χ4v) is 5.68. The van der Waals surface area contributed by atoms with Crippen LogP contribution in [0.1, 0.15) is 23.0 Å². The van der Waals surface area contributed by atoms with Crippen molar-refractivity contribution in [1.29, 1.82) is 0 Å². The van der Waals surface area contributed by atoms with Gasteiger partial charge in [0.1, 0.15) is 10.7 Å². The predicted molar refractivity (Wildman–Crippen MR) is 96.5 cm³/mol. The van der Waals surface area contributed by atoms with Crippen LogP contribution in [0, 0.1) is 5.82 Å². The van der Waals surface area contributed by atoms with Crippen LogP contribution in [0.25, 0.3) is 10.1 Å². The number of carbonyl (C=O) groups is 2. The second-order valence-electron chi connectivity index (χ2n) is 6.32. The summed E-state index contributed by atoms with van der Waals surface area (Å²) in [5.74, 6) is -1.63. The Morgan fingerprint density at radius 1 is 1.38 bits per heavy atom. The first-order valence-corrected chi connectivity index (χ1v) is 10.7. The Morgan fingerprint density at radius 2 is 2.12 bits per heavy atom. The lowest BCUT2D eigenvalue weighted by Crippen LogP contribution is -2.44. The maximum atomic E-state index is 13.7. The van der Waals surface area contributed by atoms with Crippen molar-refractivity contribution in [3.05, 3.63) is 35.0 Å². The van der Waals surface area contributed by atoms with Crippen LogP contribution in [0.4, 0.5) is 4.39 Å². The molecule has 1 aliphatic rings. The van der Waals surface area contributed by atoms with Gasteiger partial charge in [-0.2, -0.15) is 0 Å². The molecule has 9 heteroatoms. The average Bonchev–Trinajstić information content (AvgIpc) is 3.17. The third-order valence-electron chi connectivity index (χ3n) is 4.44. The number of rotatable bonds is 4. The Kier molecular flexibility index (Phi) is 5.03. The topological polar surface area (TPSA) is 80.8 Å². The minimum atomic E-state index is -3.12. The van der Waals surface area contributed by atoms with Crippen LogP contribution in [0.15, 0.2) is 24.3 Å². The standard InChI is InChI=1S/C17H18FNO5S2/c1-10(16(20)19(2)11-6-7-26(22,23)9-11)24-17(21)15-8-12-13(18)4-3-5-14(12)25-15/h3-5,8,10-11H,6-7,9H2,1-2H3/t10-,11-/m1/s1. The first-order valence-electron chi connectivity index (χ1n) is 8.04. The molecule has 26 heavy (non-hydrogen) atoms. The maximum absolute atomic E-state index is 13.7. The van der Waals surface area contributed by atoms with E-state index in [0.29, 0.717) is 16.5 Å². The Morgan fingerprint density at radius 3 is 2.73 bits per heavy atom. The van der Waals surface area contributed by atoms with Gasteiger partial charge >= 0.3 is 5.97 Å². The molecule has 0 aliphatic carbocycles. The van der Waals surface area contributed by atoms with Crippen LogP contribution in [-0.4, -0.2) is 55.9 Å². The maximum Gasteiger partial charge on any atom is 0.349 e. The van der Waals surface area contributed by atoms with Crippen molar-refractivity contribution in [1.82, 2.24) is 4.90 Å². The molecule has 0 radical (unpaired) electrons. The molecule has 0 saturated carbocycles. The summed E-state index contributed by atoms with van der Waals surface area (Å²) in [6, 6.07) is 5.55. The minimum absolute atomic E-state index is 0.0524. The van der Waals surface area contributed by atoms with Gasteiger partial charge in [0.2, 0.25) is 0 Å². The fourth-order valence-electron chi connectivity index (χ4n) is 2.94. The third kappa shape index (κ3) is 3.73. The van der Waals surface area contributed by atoms with Crippen LogP contribution in [0.3, 0.4) is 0 Å². The van der Waals surface area contributed by atoms with E-state index >= 15 is 0 Å². The number of likely N-dealkylation sites (N-methyl/N-ethyl adjacent to an activating group) is 1. The van der Waals surface area contributed by atoms with Gasteiger partial charge in [0, 0.05) is 23.2 Å². The summed E-state index contributed by atoms with van der Waals surface area (Å²) in [7, 11) is -1.61. The number of halogens is 1. The minimum Gasteiger partial charge on any atom is -0.448 e. The van der Waals surface area contributed by atoms with E-state index in [1.165, 1.54) is 31.0 Å². The molecule has 2 aromatic rings. The quantitative estimate of drug-likeness (QED) is 0.737. The van der Waals surface area contributed by atoms with Gasteiger partial charge < -0.3 is 9.64 Å². The summed E-state index contributed by atoms with van der Waals surface area (Å²) < 4.78 is 42.7. The zero-order chi connectivity index (χ0) is 19.1. The summed E-state index contributed by atoms with van der Waals surface area (Å²) in [5, 5.41) is 0.330. The molecule has 1 fully saturated rings. The number of amides is 1. The second kappa shape index (κ2) is 6.96. The smallest absolute Gasteiger partial charge is 0.349 e. The number of nitrogens with zero attached hydrogens (tertiary/aromatic N) is 1. The van der Waals surface area contributed by atoms with Gasteiger partial charge in [-0.1, -0.05) is 6.07 Å². The Bertz CT molecular complexity index is 969. The summed E-state index contributed by atoms with van der Waals surface area (Å²) in [6.45, 7) is 1.44. The van der Waals surface area contributed by atoms with Gasteiger partial charge in [0.25, 0.3) is 5.91 Å². The van der Waals surface area contributed by atoms with Gasteiger partial charge in [0.15, 0.2) is 15.9 Å². The number of thiophene rings is 1. The van der Waals surface area contributed by atoms with Crippen LogP contribution < -0.4 is 0 Å². The van der Waals surface area contributed by atoms with Crippen molar-refractivity contribution < 1.29 is 27.1 Å². The Hall–Kier alpha value is -2.00. The summed E-state index contributed by atoms with van der Waals surface area (Å²) >= 11 is 1.09. The highest BCUT2D eigenvalue weighted by atomic mass is 32.2. The molecule has 1 amide bonds. The van der Waals surface area contributed by atoms with E-state index in [9.17, 15) is 22.4 Å². The number of ether oxygens (including phenoxy) is 1. The molecular weight excluding hydrogens is 381 g/mol. The lowest BCUT2D eigenvalue weighted by molar-refractivity contribution is -0.140. The van der Waals surface area contributed by atoms with Crippen LogP contribution >= 0.6 is 11.3 Å². The van der Waals surface area contributed by atoms with Crippen molar-refractivity contribution in [3.8, 4) is 0 Å². The van der Waals surface area contributed by atoms with E-state index in [-0.39, 0.29) is 16.4 Å². The Balaban J connectivity index is 1.68. The molecule has 1 aliphatic heterocycles. The van der Waals surface area contributed by atoms with Crippen molar-refractivity contribution in [2.24, 2.45) is 0 Å². The molecule has 3 rings (SSSR count). The molecule has 0 unspecified atom stereocenters. The van der Waals surface area contributed by atoms with Gasteiger partial charge in [0.05, 0.1) is 11.5 Å². The molecule has 0 N–H and O–H groups in total. The number of fused-ring (bicyclic) bond motifs is 1. The second-order valence-corrected chi connectivity index (χ2v) is 9.63. The molecule has 0 bridgehead atoms. The monoisotopic (exact) mass is 399 g/mol. The predicted octanol–water partition coefficient (Wildman–Crippen LogP) is 2.23. The number of carbonyl (C=O) groups excluding carboxylic acids is 2. The highest BCUT2D eigenvalue weighted by Gasteiger charge is 2.35. The molecule has 1 aromatic heterocycles. The highest BCUT2D eigenvalue weighted by Crippen LogP contribution is 2.28. The molecule has 140 valence electrons. The summed E-state index contributed by atoms with van der Waals surface area (Å²) in [4.78, 5) is 26.2. The van der Waals surface area contributed by atoms with Crippen molar-refractivity contribution in [2.75, 3.05) is 18.6 Å². The molecule has 0 spiro atoms. The van der Waals surface area contributed by atoms with Crippen LogP contribution in [0.5, 0.6) is 0 Å². The molecule has 2 atom stereocenters. The lowest BCUT2D eigenvalue weighted by atomic mass is 10.2. The molecule has 1 aromatic carbocycles. The molecular formula is C17H18FNO5S2. The van der Waals surface area contributed by atoms with Gasteiger partial charge in [-0.25, -0.2) is 17.6 Å².